The second-order valence-corrected chi connectivity index (χ2v) is 9.32. The molecule has 3 aromatic heterocycles. The number of hydrogen-bond donors (Lipinski definition) is 2. The van der Waals surface area contributed by atoms with Crippen molar-refractivity contribution in [1.29, 1.82) is 0 Å². The molecule has 0 saturated carbocycles. The molecule has 35 heavy (non-hydrogen) atoms. The molecular formula is C21H27F3N10O. The van der Waals surface area contributed by atoms with E-state index in [9.17, 15) is 13.2 Å². The van der Waals surface area contributed by atoms with Gasteiger partial charge in [-0.25, -0.2) is 24.9 Å². The monoisotopic (exact) mass is 492 g/mol. The van der Waals surface area contributed by atoms with E-state index in [4.69, 9.17) is 20.4 Å². The molecule has 11 nitrogen and oxygen atoms in total. The number of alkyl halides is 3. The maximum absolute atomic E-state index is 13.8. The molecule has 0 aromatic carbocycles. The van der Waals surface area contributed by atoms with Gasteiger partial charge in [-0.1, -0.05) is 0 Å². The second kappa shape index (κ2) is 8.75. The van der Waals surface area contributed by atoms with Crippen LogP contribution in [-0.4, -0.2) is 87.1 Å². The highest BCUT2D eigenvalue weighted by Crippen LogP contribution is 2.34. The van der Waals surface area contributed by atoms with E-state index in [1.54, 1.807) is 0 Å². The summed E-state index contributed by atoms with van der Waals surface area (Å²) in [6.45, 7) is 6.46. The minimum absolute atomic E-state index is 0.0777. The number of halogens is 3. The highest BCUT2D eigenvalue weighted by atomic mass is 19.4. The second-order valence-electron chi connectivity index (χ2n) is 9.32. The summed E-state index contributed by atoms with van der Waals surface area (Å²) < 4.78 is 48.0. The average molecular weight is 493 g/mol. The first-order chi connectivity index (χ1) is 16.6. The van der Waals surface area contributed by atoms with Gasteiger partial charge in [0.25, 0.3) is 0 Å². The molecule has 0 bridgehead atoms. The number of piperazine rings is 1. The predicted molar refractivity (Wildman–Crippen MR) is 124 cm³/mol. The smallest absolute Gasteiger partial charge is 0.378 e. The standard InChI is InChI=1S/C21H27F3N10O/c1-20(2)11-33(4-3-28-20)19-29-14-16(32-5-7-35-8-6-32)30-15(13-9-26-18(25)27-10-13)31-17(14)34(19)12-21(22,23)24/h9-10,28H,3-8,11-12H2,1-2H3,(H2,25,26,27). The van der Waals surface area contributed by atoms with Gasteiger partial charge < -0.3 is 25.6 Å². The van der Waals surface area contributed by atoms with Gasteiger partial charge in [0.15, 0.2) is 22.8 Å². The van der Waals surface area contributed by atoms with Crippen molar-refractivity contribution in [3.05, 3.63) is 12.4 Å². The van der Waals surface area contributed by atoms with Crippen molar-refractivity contribution in [3.8, 4) is 11.4 Å². The molecule has 0 radical (unpaired) electrons. The van der Waals surface area contributed by atoms with Crippen LogP contribution in [0.5, 0.6) is 0 Å². The summed E-state index contributed by atoms with van der Waals surface area (Å²) >= 11 is 0. The van der Waals surface area contributed by atoms with Gasteiger partial charge in [0.05, 0.1) is 18.8 Å². The van der Waals surface area contributed by atoms with Gasteiger partial charge in [-0.05, 0) is 13.8 Å². The zero-order valence-corrected chi connectivity index (χ0v) is 19.5. The molecule has 0 aliphatic carbocycles. The fourth-order valence-corrected chi connectivity index (χ4v) is 4.43. The third-order valence-electron chi connectivity index (χ3n) is 5.99. The Hall–Kier alpha value is -3.26. The van der Waals surface area contributed by atoms with E-state index in [0.29, 0.717) is 62.8 Å². The molecule has 0 atom stereocenters. The first kappa shape index (κ1) is 23.5. The summed E-state index contributed by atoms with van der Waals surface area (Å²) in [6.07, 6.45) is -1.56. The number of morpholine rings is 1. The molecule has 188 valence electrons. The van der Waals surface area contributed by atoms with Crippen molar-refractivity contribution in [2.24, 2.45) is 0 Å². The number of nitrogens with two attached hydrogens (primary N) is 1. The lowest BCUT2D eigenvalue weighted by Gasteiger charge is -2.39. The normalized spacial score (nSPS) is 18.9. The lowest BCUT2D eigenvalue weighted by molar-refractivity contribution is -0.139. The Morgan fingerprint density at radius 2 is 1.77 bits per heavy atom. The molecule has 2 aliphatic rings. The minimum Gasteiger partial charge on any atom is -0.378 e. The number of nitrogens with zero attached hydrogens (tertiary/aromatic N) is 8. The number of fused-ring (bicyclic) bond motifs is 1. The molecule has 14 heteroatoms. The molecule has 2 aliphatic heterocycles. The van der Waals surface area contributed by atoms with Crippen molar-refractivity contribution < 1.29 is 17.9 Å². The van der Waals surface area contributed by atoms with Crippen LogP contribution in [-0.2, 0) is 11.3 Å². The molecule has 2 fully saturated rings. The molecule has 5 heterocycles. The van der Waals surface area contributed by atoms with E-state index in [1.807, 2.05) is 23.6 Å². The van der Waals surface area contributed by atoms with Crippen LogP contribution in [0.4, 0.5) is 30.9 Å². The topological polar surface area (TPSA) is 123 Å². The Kier molecular flexibility index (Phi) is 5.87. The first-order valence-corrected chi connectivity index (χ1v) is 11.4. The van der Waals surface area contributed by atoms with E-state index >= 15 is 0 Å². The molecule has 0 unspecified atom stereocenters. The number of nitrogens with one attached hydrogen (secondary N) is 1. The van der Waals surface area contributed by atoms with E-state index in [-0.39, 0.29) is 28.9 Å². The number of hydrogen-bond acceptors (Lipinski definition) is 10. The number of anilines is 3. The minimum atomic E-state index is -4.47. The van der Waals surface area contributed by atoms with Crippen molar-refractivity contribution >= 4 is 28.9 Å². The Morgan fingerprint density at radius 1 is 1.06 bits per heavy atom. The number of aromatic nitrogens is 6. The maximum atomic E-state index is 13.8. The third-order valence-corrected chi connectivity index (χ3v) is 5.99. The zero-order valence-electron chi connectivity index (χ0n) is 19.5. The Bertz CT molecular complexity index is 1200. The molecule has 3 aromatic rings. The van der Waals surface area contributed by atoms with Crippen molar-refractivity contribution in [2.45, 2.75) is 32.1 Å². The van der Waals surface area contributed by atoms with Gasteiger partial charge in [-0.15, -0.1) is 0 Å². The van der Waals surface area contributed by atoms with Crippen LogP contribution in [0.3, 0.4) is 0 Å². The van der Waals surface area contributed by atoms with Crippen LogP contribution < -0.4 is 20.9 Å². The molecule has 0 amide bonds. The van der Waals surface area contributed by atoms with E-state index < -0.39 is 12.7 Å². The summed E-state index contributed by atoms with van der Waals surface area (Å²) in [7, 11) is 0. The Balaban J connectivity index is 1.72. The van der Waals surface area contributed by atoms with E-state index in [0.717, 1.165) is 4.57 Å². The number of rotatable bonds is 4. The summed E-state index contributed by atoms with van der Waals surface area (Å²) in [5.41, 5.74) is 6.20. The molecule has 5 rings (SSSR count). The van der Waals surface area contributed by atoms with Crippen molar-refractivity contribution in [2.75, 3.05) is 61.5 Å². The molecular weight excluding hydrogens is 465 g/mol. The van der Waals surface area contributed by atoms with Crippen molar-refractivity contribution in [3.63, 3.8) is 0 Å². The average Bonchev–Trinajstić information content (AvgIpc) is 3.16. The fraction of sp³-hybridized carbons (Fsp3) is 0.571. The van der Waals surface area contributed by atoms with E-state index in [2.05, 4.69) is 20.3 Å². The van der Waals surface area contributed by atoms with Crippen LogP contribution >= 0.6 is 0 Å². The molecule has 2 saturated heterocycles. The van der Waals surface area contributed by atoms with Crippen molar-refractivity contribution in [1.82, 2.24) is 34.8 Å². The Morgan fingerprint density at radius 3 is 2.43 bits per heavy atom. The predicted octanol–water partition coefficient (Wildman–Crippen LogP) is 1.45. The van der Waals surface area contributed by atoms with Crippen LogP contribution in [0.2, 0.25) is 0 Å². The molecule has 0 spiro atoms. The van der Waals surface area contributed by atoms with Crippen LogP contribution in [0.1, 0.15) is 13.8 Å². The van der Waals surface area contributed by atoms with E-state index in [1.165, 1.54) is 12.4 Å². The summed E-state index contributed by atoms with van der Waals surface area (Å²) in [5.74, 6) is 0.964. The lowest BCUT2D eigenvalue weighted by atomic mass is 10.0. The SMILES string of the molecule is CC1(C)CN(c2nc3c(N4CCOCC4)nc(-c4cnc(N)nc4)nc3n2CC(F)(F)F)CCN1. The number of nitrogen functional groups attached to an aromatic ring is 1. The highest BCUT2D eigenvalue weighted by Gasteiger charge is 2.36. The first-order valence-electron chi connectivity index (χ1n) is 11.4. The fourth-order valence-electron chi connectivity index (χ4n) is 4.43. The summed E-state index contributed by atoms with van der Waals surface area (Å²) in [5, 5.41) is 3.38. The molecule has 3 N–H and O–H groups in total. The van der Waals surface area contributed by atoms with Gasteiger partial charge >= 0.3 is 6.18 Å². The maximum Gasteiger partial charge on any atom is 0.406 e. The van der Waals surface area contributed by atoms with Crippen LogP contribution in [0.15, 0.2) is 12.4 Å². The number of imidazole rings is 1. The zero-order chi connectivity index (χ0) is 24.8. The van der Waals surface area contributed by atoms with Gasteiger partial charge in [-0.3, -0.25) is 4.57 Å². The quantitative estimate of drug-likeness (QED) is 0.553. The summed E-state index contributed by atoms with van der Waals surface area (Å²) in [4.78, 5) is 25.8. The van der Waals surface area contributed by atoms with Crippen LogP contribution in [0, 0.1) is 0 Å². The third kappa shape index (κ3) is 4.93. The van der Waals surface area contributed by atoms with Gasteiger partial charge in [0.2, 0.25) is 11.9 Å². The van der Waals surface area contributed by atoms with Crippen LogP contribution in [0.25, 0.3) is 22.6 Å². The number of ether oxygens (including phenoxy) is 1. The van der Waals surface area contributed by atoms with Gasteiger partial charge in [0.1, 0.15) is 6.54 Å². The lowest BCUT2D eigenvalue weighted by Crippen LogP contribution is -2.57. The van der Waals surface area contributed by atoms with Gasteiger partial charge in [0, 0.05) is 50.7 Å². The largest absolute Gasteiger partial charge is 0.406 e. The Labute approximate surface area is 199 Å². The highest BCUT2D eigenvalue weighted by molar-refractivity contribution is 5.88. The van der Waals surface area contributed by atoms with Gasteiger partial charge in [-0.2, -0.15) is 13.2 Å². The summed E-state index contributed by atoms with van der Waals surface area (Å²) in [6, 6.07) is 0.